The summed E-state index contributed by atoms with van der Waals surface area (Å²) < 4.78 is 5.08. The Morgan fingerprint density at radius 3 is 2.95 bits per heavy atom. The molecule has 1 fully saturated rings. The highest BCUT2D eigenvalue weighted by molar-refractivity contribution is 7.15. The highest BCUT2D eigenvalue weighted by atomic mass is 32.1. The second kappa shape index (κ2) is 8.11. The van der Waals surface area contributed by atoms with Crippen molar-refractivity contribution in [2.45, 2.75) is 52.6 Å². The van der Waals surface area contributed by atoms with Gasteiger partial charge in [0.25, 0.3) is 0 Å². The van der Waals surface area contributed by atoms with E-state index in [0.717, 1.165) is 38.6 Å². The van der Waals surface area contributed by atoms with Crippen molar-refractivity contribution >= 4 is 16.5 Å². The maximum absolute atomic E-state index is 5.08. The normalized spacial score (nSPS) is 22.8. The van der Waals surface area contributed by atoms with E-state index in [2.05, 4.69) is 31.0 Å². The molecule has 2 heterocycles. The molecule has 1 aromatic rings. The van der Waals surface area contributed by atoms with Gasteiger partial charge in [0, 0.05) is 37.7 Å². The second-order valence-electron chi connectivity index (χ2n) is 5.94. The Balaban J connectivity index is 2.05. The molecule has 0 amide bonds. The lowest BCUT2D eigenvalue weighted by Crippen LogP contribution is -2.42. The van der Waals surface area contributed by atoms with Crippen LogP contribution in [0.25, 0.3) is 0 Å². The third-order valence-electron chi connectivity index (χ3n) is 4.49. The van der Waals surface area contributed by atoms with Crippen molar-refractivity contribution < 1.29 is 4.74 Å². The van der Waals surface area contributed by atoms with Gasteiger partial charge in [-0.3, -0.25) is 0 Å². The summed E-state index contributed by atoms with van der Waals surface area (Å²) in [7, 11) is 1.74. The zero-order chi connectivity index (χ0) is 15.2. The van der Waals surface area contributed by atoms with Gasteiger partial charge in [-0.05, 0) is 32.1 Å². The first kappa shape index (κ1) is 16.7. The second-order valence-corrected chi connectivity index (χ2v) is 7.01. The molecule has 0 spiro atoms. The van der Waals surface area contributed by atoms with Crippen LogP contribution in [0.3, 0.4) is 0 Å². The molecular formula is C16H29N3OS. The summed E-state index contributed by atoms with van der Waals surface area (Å²) in [6, 6.07) is 0.601. The Hall–Kier alpha value is -0.650. The molecule has 0 aliphatic carbocycles. The number of nitrogens with one attached hydrogen (secondary N) is 1. The van der Waals surface area contributed by atoms with E-state index in [9.17, 15) is 0 Å². The fourth-order valence-corrected chi connectivity index (χ4v) is 4.12. The first-order valence-electron chi connectivity index (χ1n) is 8.12. The van der Waals surface area contributed by atoms with Crippen LogP contribution in [0.5, 0.6) is 0 Å². The zero-order valence-corrected chi connectivity index (χ0v) is 14.6. The van der Waals surface area contributed by atoms with E-state index in [0.29, 0.717) is 6.04 Å². The summed E-state index contributed by atoms with van der Waals surface area (Å²) >= 11 is 1.87. The van der Waals surface area contributed by atoms with Crippen molar-refractivity contribution in [1.82, 2.24) is 10.3 Å². The molecule has 1 N–H and O–H groups in total. The third-order valence-corrected chi connectivity index (χ3v) is 5.62. The lowest BCUT2D eigenvalue weighted by Gasteiger charge is -2.37. The molecule has 120 valence electrons. The maximum atomic E-state index is 5.08. The smallest absolute Gasteiger partial charge is 0.186 e. The van der Waals surface area contributed by atoms with Crippen molar-refractivity contribution in [3.8, 4) is 0 Å². The Morgan fingerprint density at radius 2 is 2.24 bits per heavy atom. The van der Waals surface area contributed by atoms with E-state index in [1.54, 1.807) is 7.11 Å². The number of hydrogen-bond donors (Lipinski definition) is 1. The number of aromatic nitrogens is 1. The van der Waals surface area contributed by atoms with E-state index in [-0.39, 0.29) is 0 Å². The molecule has 2 rings (SSSR count). The number of rotatable bonds is 7. The molecule has 2 atom stereocenters. The van der Waals surface area contributed by atoms with Crippen LogP contribution in [0.4, 0.5) is 5.13 Å². The molecule has 1 aliphatic rings. The van der Waals surface area contributed by atoms with Gasteiger partial charge < -0.3 is 15.0 Å². The first-order valence-corrected chi connectivity index (χ1v) is 8.93. The lowest BCUT2D eigenvalue weighted by atomic mass is 9.93. The van der Waals surface area contributed by atoms with Crippen molar-refractivity contribution in [2.24, 2.45) is 5.92 Å². The number of piperidine rings is 1. The molecular weight excluding hydrogens is 282 g/mol. The predicted octanol–water partition coefficient (Wildman–Crippen LogP) is 3.07. The summed E-state index contributed by atoms with van der Waals surface area (Å²) in [4.78, 5) is 8.80. The number of thiazole rings is 1. The topological polar surface area (TPSA) is 37.4 Å². The highest BCUT2D eigenvalue weighted by Crippen LogP contribution is 2.33. The van der Waals surface area contributed by atoms with Crippen LogP contribution in [0, 0.1) is 5.92 Å². The van der Waals surface area contributed by atoms with Gasteiger partial charge in [0.2, 0.25) is 0 Å². The molecule has 0 saturated carbocycles. The first-order chi connectivity index (χ1) is 10.2. The van der Waals surface area contributed by atoms with Crippen molar-refractivity contribution in [1.29, 1.82) is 0 Å². The molecule has 2 unspecified atom stereocenters. The van der Waals surface area contributed by atoms with Gasteiger partial charge in [0.05, 0.1) is 12.3 Å². The van der Waals surface area contributed by atoms with E-state index in [1.807, 2.05) is 11.3 Å². The standard InChI is InChI=1S/C16H29N3OS/c1-5-14-15(11-17-8-10-20-4)21-16(18-14)19-9-6-7-12(2)13(19)3/h12-13,17H,5-11H2,1-4H3. The molecule has 4 nitrogen and oxygen atoms in total. The van der Waals surface area contributed by atoms with Gasteiger partial charge in [0.1, 0.15) is 0 Å². The van der Waals surface area contributed by atoms with Crippen LogP contribution in [0.2, 0.25) is 0 Å². The molecule has 0 radical (unpaired) electrons. The molecule has 1 saturated heterocycles. The monoisotopic (exact) mass is 311 g/mol. The van der Waals surface area contributed by atoms with Crippen LogP contribution < -0.4 is 10.2 Å². The molecule has 0 aromatic carbocycles. The van der Waals surface area contributed by atoms with E-state index in [1.165, 1.54) is 28.5 Å². The van der Waals surface area contributed by atoms with E-state index in [4.69, 9.17) is 9.72 Å². The molecule has 21 heavy (non-hydrogen) atoms. The highest BCUT2D eigenvalue weighted by Gasteiger charge is 2.27. The summed E-state index contributed by atoms with van der Waals surface area (Å²) in [6.45, 7) is 10.6. The quantitative estimate of drug-likeness (QED) is 0.785. The SMILES string of the molecule is CCc1nc(N2CCCC(C)C2C)sc1CNCCOC. The number of aryl methyl sites for hydroxylation is 1. The maximum Gasteiger partial charge on any atom is 0.186 e. The van der Waals surface area contributed by atoms with Crippen molar-refractivity contribution in [3.63, 3.8) is 0 Å². The predicted molar refractivity (Wildman–Crippen MR) is 90.3 cm³/mol. The number of ether oxygens (including phenoxy) is 1. The van der Waals surface area contributed by atoms with Gasteiger partial charge >= 0.3 is 0 Å². The van der Waals surface area contributed by atoms with Gasteiger partial charge in [0.15, 0.2) is 5.13 Å². The number of anilines is 1. The largest absolute Gasteiger partial charge is 0.383 e. The summed E-state index contributed by atoms with van der Waals surface area (Å²) in [5.74, 6) is 0.760. The minimum atomic E-state index is 0.601. The molecule has 0 bridgehead atoms. The average molecular weight is 311 g/mol. The Morgan fingerprint density at radius 1 is 1.43 bits per heavy atom. The van der Waals surface area contributed by atoms with Crippen LogP contribution in [0.1, 0.15) is 44.2 Å². The number of methoxy groups -OCH3 is 1. The fraction of sp³-hybridized carbons (Fsp3) is 0.812. The number of hydrogen-bond acceptors (Lipinski definition) is 5. The van der Waals surface area contributed by atoms with Crippen molar-refractivity contribution in [3.05, 3.63) is 10.6 Å². The summed E-state index contributed by atoms with van der Waals surface area (Å²) in [5.41, 5.74) is 1.25. The van der Waals surface area contributed by atoms with Crippen molar-refractivity contribution in [2.75, 3.05) is 31.7 Å². The van der Waals surface area contributed by atoms with E-state index < -0.39 is 0 Å². The Kier molecular flexibility index (Phi) is 6.45. The van der Waals surface area contributed by atoms with Gasteiger partial charge in [-0.15, -0.1) is 11.3 Å². The molecule has 1 aliphatic heterocycles. The fourth-order valence-electron chi connectivity index (χ4n) is 2.89. The van der Waals surface area contributed by atoms with Gasteiger partial charge in [-0.2, -0.15) is 0 Å². The van der Waals surface area contributed by atoms with Gasteiger partial charge in [-0.1, -0.05) is 13.8 Å². The van der Waals surface area contributed by atoms with Crippen LogP contribution in [0.15, 0.2) is 0 Å². The number of nitrogens with zero attached hydrogens (tertiary/aromatic N) is 2. The summed E-state index contributed by atoms with van der Waals surface area (Å²) in [5, 5.41) is 4.66. The zero-order valence-electron chi connectivity index (χ0n) is 13.8. The van der Waals surface area contributed by atoms with Crippen LogP contribution >= 0.6 is 11.3 Å². The Labute approximate surface area is 132 Å². The minimum absolute atomic E-state index is 0.601. The molecule has 1 aromatic heterocycles. The van der Waals surface area contributed by atoms with Gasteiger partial charge in [-0.25, -0.2) is 4.98 Å². The minimum Gasteiger partial charge on any atom is -0.383 e. The Bertz CT molecular complexity index is 435. The lowest BCUT2D eigenvalue weighted by molar-refractivity contribution is 0.199. The molecule has 5 heteroatoms. The van der Waals surface area contributed by atoms with E-state index >= 15 is 0 Å². The summed E-state index contributed by atoms with van der Waals surface area (Å²) in [6.07, 6.45) is 3.64. The average Bonchev–Trinajstić information content (AvgIpc) is 2.89. The third kappa shape index (κ3) is 4.18. The van der Waals surface area contributed by atoms with Crippen LogP contribution in [-0.2, 0) is 17.7 Å². The van der Waals surface area contributed by atoms with Crippen LogP contribution in [-0.4, -0.2) is 37.8 Å².